The number of piperazine rings is 1. The van der Waals surface area contributed by atoms with Crippen LogP contribution in [0.4, 0.5) is 33.5 Å². The topological polar surface area (TPSA) is 77.7 Å². The van der Waals surface area contributed by atoms with Gasteiger partial charge in [0, 0.05) is 73.8 Å². The number of nitrogens with zero attached hydrogens (tertiary/aromatic N) is 6. The summed E-state index contributed by atoms with van der Waals surface area (Å²) in [7, 11) is 0. The van der Waals surface area contributed by atoms with Crippen LogP contribution < -0.4 is 9.80 Å². The van der Waals surface area contributed by atoms with Gasteiger partial charge in [-0.1, -0.05) is 17.7 Å². The van der Waals surface area contributed by atoms with Crippen LogP contribution in [0.15, 0.2) is 42.7 Å². The van der Waals surface area contributed by atoms with Gasteiger partial charge in [0.2, 0.25) is 0 Å². The number of anilines is 2. The fourth-order valence-electron chi connectivity index (χ4n) is 5.65. The van der Waals surface area contributed by atoms with E-state index in [9.17, 15) is 31.9 Å². The quantitative estimate of drug-likeness (QED) is 0.306. The van der Waals surface area contributed by atoms with Gasteiger partial charge >= 0.3 is 12.1 Å². The third kappa shape index (κ3) is 6.78. The number of carbonyl (C=O) groups is 1. The van der Waals surface area contributed by atoms with Gasteiger partial charge in [-0.3, -0.25) is 9.58 Å². The monoisotopic (exact) mass is 612 g/mol. The molecule has 1 aromatic carbocycles. The summed E-state index contributed by atoms with van der Waals surface area (Å²) in [4.78, 5) is 22.0. The molecule has 0 amide bonds. The van der Waals surface area contributed by atoms with Gasteiger partial charge in [0.15, 0.2) is 0 Å². The molecule has 0 aliphatic carbocycles. The Morgan fingerprint density at radius 1 is 1.05 bits per heavy atom. The normalized spacial score (nSPS) is 18.6. The molecule has 0 radical (unpaired) electrons. The summed E-state index contributed by atoms with van der Waals surface area (Å²) in [6.45, 7) is 3.16. The Bertz CT molecular complexity index is 1390. The minimum absolute atomic E-state index is 0.00895. The second kappa shape index (κ2) is 12.4. The van der Waals surface area contributed by atoms with E-state index in [1.807, 2.05) is 34.1 Å². The first-order chi connectivity index (χ1) is 20.0. The van der Waals surface area contributed by atoms with Gasteiger partial charge in [0.25, 0.3) is 6.43 Å². The summed E-state index contributed by atoms with van der Waals surface area (Å²) in [5.41, 5.74) is 1.36. The number of alkyl halides is 5. The molecule has 226 valence electrons. The lowest BCUT2D eigenvalue weighted by atomic mass is 10.00. The minimum atomic E-state index is -4.16. The van der Waals surface area contributed by atoms with E-state index in [2.05, 4.69) is 10.1 Å². The summed E-state index contributed by atoms with van der Waals surface area (Å²) < 4.78 is 66.5. The lowest BCUT2D eigenvalue weighted by molar-refractivity contribution is -0.138. The van der Waals surface area contributed by atoms with Crippen molar-refractivity contribution in [3.63, 3.8) is 0 Å². The van der Waals surface area contributed by atoms with E-state index in [-0.39, 0.29) is 6.54 Å². The van der Waals surface area contributed by atoms with Crippen molar-refractivity contribution in [3.05, 3.63) is 59.0 Å². The lowest BCUT2D eigenvalue weighted by Gasteiger charge is -2.36. The summed E-state index contributed by atoms with van der Waals surface area (Å²) in [6.07, 6.45) is -4.02. The highest BCUT2D eigenvalue weighted by Gasteiger charge is 2.32. The fourth-order valence-corrected chi connectivity index (χ4v) is 5.81. The van der Waals surface area contributed by atoms with Gasteiger partial charge in [-0.15, -0.1) is 0 Å². The fraction of sp³-hybridized carbons (Fsp3) is 0.464. The molecule has 1 N–H and O–H groups in total. The van der Waals surface area contributed by atoms with Crippen molar-refractivity contribution in [1.29, 1.82) is 0 Å². The Labute approximate surface area is 244 Å². The molecule has 0 spiro atoms. The molecular formula is C28H30ClF5N6O2. The standard InChI is InChI=1S/C28H30ClF5N6O2/c29-19-4-5-21(18-3-6-24(35-15-18)38-12-10-37(11-13-38)9-7-28(32,33)34)23(14-19)39-8-1-2-20(17-39)40-25(26(30)31)22(16-36-40)27(41)42/h3-6,14-16,20,26H,1-2,7-13,17H2,(H,41,42). The van der Waals surface area contributed by atoms with E-state index >= 15 is 0 Å². The SMILES string of the molecule is O=C(O)c1cnn(C2CCCN(c3cc(Cl)ccc3-c3ccc(N4CCN(CCC(F)(F)F)CC4)nc3)C2)c1C(F)F. The molecule has 1 atom stereocenters. The molecule has 14 heteroatoms. The molecule has 3 aromatic rings. The van der Waals surface area contributed by atoms with Crippen LogP contribution in [0.3, 0.4) is 0 Å². The Morgan fingerprint density at radius 3 is 2.45 bits per heavy atom. The highest BCUT2D eigenvalue weighted by atomic mass is 35.5. The average molecular weight is 613 g/mol. The molecule has 1 unspecified atom stereocenters. The lowest BCUT2D eigenvalue weighted by Crippen LogP contribution is -2.47. The van der Waals surface area contributed by atoms with E-state index in [1.54, 1.807) is 17.2 Å². The zero-order valence-corrected chi connectivity index (χ0v) is 23.3. The number of aromatic nitrogens is 3. The largest absolute Gasteiger partial charge is 0.478 e. The van der Waals surface area contributed by atoms with Crippen LogP contribution >= 0.6 is 11.6 Å². The van der Waals surface area contributed by atoms with Crippen molar-refractivity contribution in [1.82, 2.24) is 19.7 Å². The Balaban J connectivity index is 1.32. The van der Waals surface area contributed by atoms with Crippen molar-refractivity contribution in [2.75, 3.05) is 55.6 Å². The van der Waals surface area contributed by atoms with Crippen molar-refractivity contribution >= 4 is 29.1 Å². The second-order valence-corrected chi connectivity index (χ2v) is 10.9. The Morgan fingerprint density at radius 2 is 1.81 bits per heavy atom. The average Bonchev–Trinajstić information content (AvgIpc) is 3.43. The third-order valence-corrected chi connectivity index (χ3v) is 8.02. The van der Waals surface area contributed by atoms with E-state index in [4.69, 9.17) is 11.6 Å². The molecule has 4 heterocycles. The number of rotatable bonds is 8. The number of hydrogen-bond acceptors (Lipinski definition) is 6. The Kier molecular flexibility index (Phi) is 8.88. The third-order valence-electron chi connectivity index (χ3n) is 7.78. The maximum Gasteiger partial charge on any atom is 0.390 e. The zero-order valence-electron chi connectivity index (χ0n) is 22.6. The van der Waals surface area contributed by atoms with Crippen LogP contribution in [0.5, 0.6) is 0 Å². The molecule has 0 bridgehead atoms. The maximum absolute atomic E-state index is 13.8. The van der Waals surface area contributed by atoms with Crippen LogP contribution in [0, 0.1) is 0 Å². The molecular weight excluding hydrogens is 583 g/mol. The van der Waals surface area contributed by atoms with Gasteiger partial charge < -0.3 is 14.9 Å². The van der Waals surface area contributed by atoms with Crippen molar-refractivity contribution in [2.45, 2.75) is 37.9 Å². The number of benzene rings is 1. The van der Waals surface area contributed by atoms with E-state index in [1.165, 1.54) is 0 Å². The van der Waals surface area contributed by atoms with Crippen molar-refractivity contribution in [3.8, 4) is 11.1 Å². The predicted molar refractivity (Wildman–Crippen MR) is 149 cm³/mol. The molecule has 2 fully saturated rings. The molecule has 2 aromatic heterocycles. The first-order valence-corrected chi connectivity index (χ1v) is 14.0. The maximum atomic E-state index is 13.8. The van der Waals surface area contributed by atoms with E-state index in [0.717, 1.165) is 33.5 Å². The Hall–Kier alpha value is -3.45. The first kappa shape index (κ1) is 30.0. The van der Waals surface area contributed by atoms with Crippen LogP contribution in [-0.2, 0) is 0 Å². The second-order valence-electron chi connectivity index (χ2n) is 10.5. The smallest absolute Gasteiger partial charge is 0.390 e. The van der Waals surface area contributed by atoms with E-state index in [0.29, 0.717) is 57.1 Å². The van der Waals surface area contributed by atoms with Gasteiger partial charge in [0.05, 0.1) is 18.7 Å². The van der Waals surface area contributed by atoms with Gasteiger partial charge in [-0.05, 0) is 37.1 Å². The number of pyridine rings is 1. The molecule has 2 saturated heterocycles. The first-order valence-electron chi connectivity index (χ1n) is 13.6. The van der Waals surface area contributed by atoms with E-state index < -0.39 is 42.3 Å². The number of halogens is 6. The number of hydrogen-bond donors (Lipinski definition) is 1. The highest BCUT2D eigenvalue weighted by Crippen LogP contribution is 2.38. The zero-order chi connectivity index (χ0) is 30.0. The summed E-state index contributed by atoms with van der Waals surface area (Å²) in [6, 6.07) is 8.79. The minimum Gasteiger partial charge on any atom is -0.478 e. The molecule has 2 aliphatic rings. The number of aromatic carboxylic acids is 1. The van der Waals surface area contributed by atoms with Crippen LogP contribution in [0.1, 0.15) is 47.8 Å². The van der Waals surface area contributed by atoms with Crippen LogP contribution in [0.25, 0.3) is 11.1 Å². The van der Waals surface area contributed by atoms with Crippen LogP contribution in [-0.4, -0.2) is 82.7 Å². The summed E-state index contributed by atoms with van der Waals surface area (Å²) in [5, 5.41) is 13.9. The number of carboxylic acid groups (broad SMARTS) is 1. The van der Waals surface area contributed by atoms with Crippen molar-refractivity contribution < 1.29 is 31.9 Å². The molecule has 42 heavy (non-hydrogen) atoms. The predicted octanol–water partition coefficient (Wildman–Crippen LogP) is 6.15. The van der Waals surface area contributed by atoms with Crippen LogP contribution in [0.2, 0.25) is 5.02 Å². The van der Waals surface area contributed by atoms with Crippen molar-refractivity contribution in [2.24, 2.45) is 0 Å². The molecule has 2 aliphatic heterocycles. The van der Waals surface area contributed by atoms with Gasteiger partial charge in [-0.2, -0.15) is 18.3 Å². The number of piperidine rings is 1. The summed E-state index contributed by atoms with van der Waals surface area (Å²) in [5.74, 6) is -0.712. The molecule has 8 nitrogen and oxygen atoms in total. The van der Waals surface area contributed by atoms with Gasteiger partial charge in [0.1, 0.15) is 17.1 Å². The number of carboxylic acids is 1. The molecule has 5 rings (SSSR count). The highest BCUT2D eigenvalue weighted by molar-refractivity contribution is 6.31. The van der Waals surface area contributed by atoms with Gasteiger partial charge in [-0.25, -0.2) is 18.6 Å². The summed E-state index contributed by atoms with van der Waals surface area (Å²) >= 11 is 6.37. The molecule has 0 saturated carbocycles.